The van der Waals surface area contributed by atoms with Crippen LogP contribution >= 0.6 is 0 Å². The first-order chi connectivity index (χ1) is 16.5. The van der Waals surface area contributed by atoms with Gasteiger partial charge in [-0.3, -0.25) is 9.48 Å². The molecule has 3 aromatic heterocycles. The van der Waals surface area contributed by atoms with Gasteiger partial charge in [0.05, 0.1) is 18.4 Å². The van der Waals surface area contributed by atoms with Gasteiger partial charge in [0.15, 0.2) is 11.5 Å². The minimum atomic E-state index is -2.82. The number of aromatic nitrogens is 5. The molecular formula is C24H17F3N6O. The summed E-state index contributed by atoms with van der Waals surface area (Å²) in [5.74, 6) is -0.699. The Balaban J connectivity index is 1.43. The normalized spacial score (nSPS) is 11.3. The fraction of sp³-hybridized carbons (Fsp3) is 0.0833. The first kappa shape index (κ1) is 21.4. The molecule has 1 amide bonds. The molecule has 0 saturated heterocycles. The van der Waals surface area contributed by atoms with Crippen LogP contribution in [0.15, 0.2) is 79.1 Å². The smallest absolute Gasteiger partial charge is 0.280 e. The summed E-state index contributed by atoms with van der Waals surface area (Å²) in [7, 11) is 0. The second-order valence-corrected chi connectivity index (χ2v) is 7.51. The standard InChI is InChI=1S/C24H17F3N6O/c25-17-8-4-5-15(11-17)14-32-10-9-21(31-32)30-24(34)18-13-28-33-20(22(26)27)12-19(29-23(18)33)16-6-2-1-3-7-16/h1-13,22H,14H2,(H,30,31,34). The highest BCUT2D eigenvalue weighted by molar-refractivity contribution is 6.07. The lowest BCUT2D eigenvalue weighted by molar-refractivity contribution is 0.102. The summed E-state index contributed by atoms with van der Waals surface area (Å²) in [6.45, 7) is 0.310. The van der Waals surface area contributed by atoms with Crippen molar-refractivity contribution < 1.29 is 18.0 Å². The van der Waals surface area contributed by atoms with Gasteiger partial charge in [0.2, 0.25) is 0 Å². The Morgan fingerprint density at radius 2 is 1.85 bits per heavy atom. The molecule has 0 saturated carbocycles. The van der Waals surface area contributed by atoms with E-state index >= 15 is 0 Å². The average molecular weight is 462 g/mol. The van der Waals surface area contributed by atoms with Gasteiger partial charge in [0.1, 0.15) is 17.1 Å². The monoisotopic (exact) mass is 462 g/mol. The number of amides is 1. The first-order valence-corrected chi connectivity index (χ1v) is 10.3. The molecule has 0 radical (unpaired) electrons. The van der Waals surface area contributed by atoms with Gasteiger partial charge in [-0.15, -0.1) is 0 Å². The summed E-state index contributed by atoms with van der Waals surface area (Å²) >= 11 is 0. The van der Waals surface area contributed by atoms with Crippen molar-refractivity contribution in [2.75, 3.05) is 5.32 Å². The number of hydrogen-bond donors (Lipinski definition) is 1. The second kappa shape index (κ2) is 8.81. The number of rotatable bonds is 6. The van der Waals surface area contributed by atoms with E-state index in [0.29, 0.717) is 23.4 Å². The number of fused-ring (bicyclic) bond motifs is 1. The minimum absolute atomic E-state index is 0.00773. The molecule has 0 fully saturated rings. The van der Waals surface area contributed by atoms with Gasteiger partial charge in [-0.25, -0.2) is 22.7 Å². The lowest BCUT2D eigenvalue weighted by atomic mass is 10.1. The minimum Gasteiger partial charge on any atom is -0.305 e. The van der Waals surface area contributed by atoms with E-state index in [2.05, 4.69) is 20.5 Å². The van der Waals surface area contributed by atoms with E-state index in [4.69, 9.17) is 0 Å². The van der Waals surface area contributed by atoms with Crippen molar-refractivity contribution in [2.24, 2.45) is 0 Å². The van der Waals surface area contributed by atoms with Gasteiger partial charge < -0.3 is 5.32 Å². The molecule has 0 aliphatic heterocycles. The molecule has 7 nitrogen and oxygen atoms in total. The third-order valence-corrected chi connectivity index (χ3v) is 5.15. The topological polar surface area (TPSA) is 77.1 Å². The molecule has 5 aromatic rings. The zero-order chi connectivity index (χ0) is 23.7. The van der Waals surface area contributed by atoms with E-state index in [-0.39, 0.29) is 28.5 Å². The average Bonchev–Trinajstić information content (AvgIpc) is 3.45. The van der Waals surface area contributed by atoms with Crippen LogP contribution in [0.1, 0.15) is 28.0 Å². The Kier molecular flexibility index (Phi) is 5.54. The number of carbonyl (C=O) groups is 1. The lowest BCUT2D eigenvalue weighted by Crippen LogP contribution is -2.13. The Morgan fingerprint density at radius 3 is 2.62 bits per heavy atom. The molecule has 10 heteroatoms. The molecule has 5 rings (SSSR count). The molecule has 0 aliphatic rings. The quantitative estimate of drug-likeness (QED) is 0.387. The Morgan fingerprint density at radius 1 is 1.03 bits per heavy atom. The predicted octanol–water partition coefficient (Wildman–Crippen LogP) is 4.97. The highest BCUT2D eigenvalue weighted by Crippen LogP contribution is 2.27. The van der Waals surface area contributed by atoms with Crippen molar-refractivity contribution in [3.8, 4) is 11.3 Å². The molecule has 0 atom stereocenters. The molecule has 0 aliphatic carbocycles. The molecule has 2 aromatic carbocycles. The van der Waals surface area contributed by atoms with Crippen LogP contribution in [0.25, 0.3) is 16.9 Å². The van der Waals surface area contributed by atoms with Crippen LogP contribution in [0, 0.1) is 5.82 Å². The highest BCUT2D eigenvalue weighted by atomic mass is 19.3. The van der Waals surface area contributed by atoms with Gasteiger partial charge in [0.25, 0.3) is 12.3 Å². The third kappa shape index (κ3) is 4.25. The van der Waals surface area contributed by atoms with Gasteiger partial charge in [-0.2, -0.15) is 10.2 Å². The number of benzene rings is 2. The van der Waals surface area contributed by atoms with E-state index < -0.39 is 12.3 Å². The van der Waals surface area contributed by atoms with Gasteiger partial charge in [-0.05, 0) is 23.8 Å². The van der Waals surface area contributed by atoms with E-state index in [1.54, 1.807) is 59.4 Å². The number of alkyl halides is 2. The van der Waals surface area contributed by atoms with Crippen LogP contribution in [0.3, 0.4) is 0 Å². The fourth-order valence-electron chi connectivity index (χ4n) is 3.58. The zero-order valence-corrected chi connectivity index (χ0v) is 17.6. The number of anilines is 1. The second-order valence-electron chi connectivity index (χ2n) is 7.51. The summed E-state index contributed by atoms with van der Waals surface area (Å²) in [4.78, 5) is 17.4. The van der Waals surface area contributed by atoms with Crippen LogP contribution in [0.4, 0.5) is 19.0 Å². The van der Waals surface area contributed by atoms with E-state index in [1.807, 2.05) is 0 Å². The number of nitrogens with zero attached hydrogens (tertiary/aromatic N) is 5. The van der Waals surface area contributed by atoms with Crippen LogP contribution in [0.2, 0.25) is 0 Å². The molecule has 170 valence electrons. The molecule has 0 bridgehead atoms. The molecule has 0 unspecified atom stereocenters. The van der Waals surface area contributed by atoms with Gasteiger partial charge >= 0.3 is 0 Å². The van der Waals surface area contributed by atoms with Crippen molar-refractivity contribution >= 4 is 17.4 Å². The maximum atomic E-state index is 13.7. The number of hydrogen-bond acceptors (Lipinski definition) is 4. The number of halogens is 3. The molecule has 34 heavy (non-hydrogen) atoms. The largest absolute Gasteiger partial charge is 0.305 e. The highest BCUT2D eigenvalue weighted by Gasteiger charge is 2.22. The predicted molar refractivity (Wildman–Crippen MR) is 119 cm³/mol. The van der Waals surface area contributed by atoms with E-state index in [1.165, 1.54) is 24.4 Å². The van der Waals surface area contributed by atoms with Crippen LogP contribution in [-0.4, -0.2) is 30.3 Å². The Hall–Kier alpha value is -4.47. The molecule has 1 N–H and O–H groups in total. The molecular weight excluding hydrogens is 445 g/mol. The summed E-state index contributed by atoms with van der Waals surface area (Å²) in [6, 6.07) is 17.8. The number of carbonyl (C=O) groups excluding carboxylic acids is 1. The van der Waals surface area contributed by atoms with Crippen molar-refractivity contribution in [3.63, 3.8) is 0 Å². The Labute approximate surface area is 191 Å². The fourth-order valence-corrected chi connectivity index (χ4v) is 3.58. The SMILES string of the molecule is O=C(Nc1ccn(Cc2cccc(F)c2)n1)c1cnn2c(C(F)F)cc(-c3ccccc3)nc12. The van der Waals surface area contributed by atoms with Crippen molar-refractivity contribution in [1.82, 2.24) is 24.4 Å². The summed E-state index contributed by atoms with van der Waals surface area (Å²) in [5, 5.41) is 10.9. The number of nitrogens with one attached hydrogen (secondary N) is 1. The maximum absolute atomic E-state index is 13.7. The van der Waals surface area contributed by atoms with Crippen LogP contribution in [-0.2, 0) is 6.54 Å². The molecule has 0 spiro atoms. The van der Waals surface area contributed by atoms with E-state index in [0.717, 1.165) is 4.52 Å². The summed E-state index contributed by atoms with van der Waals surface area (Å²) < 4.78 is 43.4. The van der Waals surface area contributed by atoms with Gasteiger partial charge in [-0.1, -0.05) is 42.5 Å². The molecule has 3 heterocycles. The summed E-state index contributed by atoms with van der Waals surface area (Å²) in [6.07, 6.45) is 0.0154. The zero-order valence-electron chi connectivity index (χ0n) is 17.6. The first-order valence-electron chi connectivity index (χ1n) is 10.3. The van der Waals surface area contributed by atoms with Crippen LogP contribution < -0.4 is 5.32 Å². The maximum Gasteiger partial charge on any atom is 0.280 e. The van der Waals surface area contributed by atoms with Crippen molar-refractivity contribution in [2.45, 2.75) is 13.0 Å². The van der Waals surface area contributed by atoms with Gasteiger partial charge in [0, 0.05) is 17.8 Å². The van der Waals surface area contributed by atoms with Crippen LogP contribution in [0.5, 0.6) is 0 Å². The lowest BCUT2D eigenvalue weighted by Gasteiger charge is -2.08. The van der Waals surface area contributed by atoms with Crippen molar-refractivity contribution in [3.05, 3.63) is 102 Å². The Bertz CT molecular complexity index is 1480. The van der Waals surface area contributed by atoms with E-state index in [9.17, 15) is 18.0 Å². The third-order valence-electron chi connectivity index (χ3n) is 5.15. The summed E-state index contributed by atoms with van der Waals surface area (Å²) in [5.41, 5.74) is 1.31. The van der Waals surface area contributed by atoms with Crippen molar-refractivity contribution in [1.29, 1.82) is 0 Å².